The van der Waals surface area contributed by atoms with Crippen LogP contribution < -0.4 is 9.62 Å². The summed E-state index contributed by atoms with van der Waals surface area (Å²) in [4.78, 5) is 6.61. The van der Waals surface area contributed by atoms with E-state index in [1.54, 1.807) is 6.07 Å². The van der Waals surface area contributed by atoms with Crippen molar-refractivity contribution in [3.8, 4) is 0 Å². The van der Waals surface area contributed by atoms with Gasteiger partial charge in [-0.15, -0.1) is 0 Å². The number of rotatable bonds is 6. The lowest BCUT2D eigenvalue weighted by Crippen LogP contribution is -2.39. The van der Waals surface area contributed by atoms with Gasteiger partial charge in [-0.05, 0) is 48.6 Å². The van der Waals surface area contributed by atoms with E-state index in [0.717, 1.165) is 37.0 Å². The molecule has 1 aromatic heterocycles. The maximum absolute atomic E-state index is 13.2. The predicted octanol–water partition coefficient (Wildman–Crippen LogP) is 3.30. The number of para-hydroxylation sites is 2. The number of sulfonamides is 1. The van der Waals surface area contributed by atoms with Gasteiger partial charge >= 0.3 is 0 Å². The van der Waals surface area contributed by atoms with Crippen molar-refractivity contribution in [1.29, 1.82) is 0 Å². The number of anilines is 1. The average Bonchev–Trinajstić information content (AvgIpc) is 3.11. The molecule has 1 aliphatic heterocycles. The van der Waals surface area contributed by atoms with Crippen LogP contribution in [0.4, 0.5) is 10.4 Å². The number of hydrogen-bond acceptors (Lipinski definition) is 5. The molecule has 28 heavy (non-hydrogen) atoms. The minimum Gasteiger partial charge on any atom is -0.423 e. The third kappa shape index (κ3) is 4.51. The second-order valence-corrected chi connectivity index (χ2v) is 8.94. The van der Waals surface area contributed by atoms with Gasteiger partial charge in [0.05, 0.1) is 5.75 Å². The van der Waals surface area contributed by atoms with Gasteiger partial charge in [-0.1, -0.05) is 24.3 Å². The molecule has 0 bridgehead atoms. The molecule has 1 N–H and O–H groups in total. The van der Waals surface area contributed by atoms with Crippen LogP contribution in [0.1, 0.15) is 18.4 Å². The van der Waals surface area contributed by atoms with E-state index in [2.05, 4.69) is 14.6 Å². The molecule has 0 unspecified atom stereocenters. The largest absolute Gasteiger partial charge is 0.423 e. The van der Waals surface area contributed by atoms with Crippen LogP contribution in [0.15, 0.2) is 52.9 Å². The summed E-state index contributed by atoms with van der Waals surface area (Å²) in [6.45, 7) is 1.92. The number of nitrogens with zero attached hydrogens (tertiary/aromatic N) is 2. The summed E-state index contributed by atoms with van der Waals surface area (Å²) in [5, 5.41) is 0. The normalized spacial score (nSPS) is 16.0. The molecule has 4 rings (SSSR count). The van der Waals surface area contributed by atoms with Crippen LogP contribution in [0.5, 0.6) is 0 Å². The van der Waals surface area contributed by atoms with Crippen LogP contribution in [-0.2, 0) is 15.8 Å². The lowest BCUT2D eigenvalue weighted by atomic mass is 9.97. The zero-order chi connectivity index (χ0) is 19.6. The zero-order valence-corrected chi connectivity index (χ0v) is 16.2. The molecule has 1 fully saturated rings. The Morgan fingerprint density at radius 1 is 1.14 bits per heavy atom. The van der Waals surface area contributed by atoms with Gasteiger partial charge in [0, 0.05) is 19.6 Å². The molecule has 0 radical (unpaired) electrons. The zero-order valence-electron chi connectivity index (χ0n) is 15.3. The lowest BCUT2D eigenvalue weighted by Gasteiger charge is -2.30. The number of aromatic nitrogens is 1. The summed E-state index contributed by atoms with van der Waals surface area (Å²) in [6, 6.07) is 14.0. The van der Waals surface area contributed by atoms with E-state index in [-0.39, 0.29) is 11.7 Å². The van der Waals surface area contributed by atoms with Gasteiger partial charge in [0.2, 0.25) is 10.0 Å². The van der Waals surface area contributed by atoms with E-state index in [1.165, 1.54) is 18.2 Å². The maximum Gasteiger partial charge on any atom is 0.298 e. The third-order valence-corrected chi connectivity index (χ3v) is 6.33. The van der Waals surface area contributed by atoms with E-state index < -0.39 is 15.8 Å². The van der Waals surface area contributed by atoms with Crippen LogP contribution in [0.2, 0.25) is 0 Å². The molecule has 0 saturated carbocycles. The predicted molar refractivity (Wildman–Crippen MR) is 106 cm³/mol. The Labute approximate surface area is 163 Å². The quantitative estimate of drug-likeness (QED) is 0.683. The third-order valence-electron chi connectivity index (χ3n) is 5.01. The monoisotopic (exact) mass is 403 g/mol. The molecule has 2 heterocycles. The van der Waals surface area contributed by atoms with E-state index in [1.807, 2.05) is 24.3 Å². The Balaban J connectivity index is 1.29. The molecule has 1 saturated heterocycles. The van der Waals surface area contributed by atoms with Gasteiger partial charge in [0.1, 0.15) is 11.3 Å². The van der Waals surface area contributed by atoms with Gasteiger partial charge in [0.25, 0.3) is 6.01 Å². The first-order valence-electron chi connectivity index (χ1n) is 9.31. The Kier molecular flexibility index (Phi) is 5.32. The number of halogens is 1. The fourth-order valence-electron chi connectivity index (χ4n) is 3.47. The van der Waals surface area contributed by atoms with Crippen LogP contribution in [0.25, 0.3) is 11.1 Å². The minimum atomic E-state index is -3.49. The lowest BCUT2D eigenvalue weighted by molar-refractivity contribution is 0.387. The van der Waals surface area contributed by atoms with E-state index >= 15 is 0 Å². The highest BCUT2D eigenvalue weighted by atomic mass is 32.2. The number of piperidine rings is 1. The van der Waals surface area contributed by atoms with Gasteiger partial charge < -0.3 is 9.32 Å². The molecular weight excluding hydrogens is 381 g/mol. The average molecular weight is 403 g/mol. The maximum atomic E-state index is 13.2. The van der Waals surface area contributed by atoms with Crippen molar-refractivity contribution in [3.63, 3.8) is 0 Å². The smallest absolute Gasteiger partial charge is 0.298 e. The molecule has 8 heteroatoms. The number of fused-ring (bicyclic) bond motifs is 1. The summed E-state index contributed by atoms with van der Waals surface area (Å²) >= 11 is 0. The minimum absolute atomic E-state index is 0.216. The first-order valence-corrected chi connectivity index (χ1v) is 11.0. The Hall–Kier alpha value is -2.45. The van der Waals surface area contributed by atoms with E-state index in [9.17, 15) is 12.8 Å². The fraction of sp³-hybridized carbons (Fsp3) is 0.350. The first-order chi connectivity index (χ1) is 13.5. The Bertz CT molecular complexity index is 1030. The van der Waals surface area contributed by atoms with Gasteiger partial charge in [-0.3, -0.25) is 0 Å². The van der Waals surface area contributed by atoms with Crippen molar-refractivity contribution in [2.45, 2.75) is 18.6 Å². The number of benzene rings is 2. The van der Waals surface area contributed by atoms with Crippen LogP contribution in [0.3, 0.4) is 0 Å². The molecular formula is C20H22FN3O3S. The number of hydrogen-bond donors (Lipinski definition) is 1. The second-order valence-electron chi connectivity index (χ2n) is 7.13. The molecule has 0 aliphatic carbocycles. The van der Waals surface area contributed by atoms with Gasteiger partial charge in [-0.2, -0.15) is 4.98 Å². The number of nitrogens with one attached hydrogen (secondary N) is 1. The fourth-order valence-corrected chi connectivity index (χ4v) is 4.68. The van der Waals surface area contributed by atoms with Crippen LogP contribution in [-0.4, -0.2) is 33.0 Å². The molecule has 3 aromatic rings. The Morgan fingerprint density at radius 2 is 1.93 bits per heavy atom. The van der Waals surface area contributed by atoms with E-state index in [0.29, 0.717) is 18.1 Å². The van der Waals surface area contributed by atoms with Crippen molar-refractivity contribution in [1.82, 2.24) is 9.71 Å². The molecule has 2 aromatic carbocycles. The standard InChI is InChI=1S/C20H22FN3O3S/c21-17-5-3-4-16(12-17)14-28(25,26)22-13-15-8-10-24(11-9-15)20-23-18-6-1-2-7-19(18)27-20/h1-7,12,15,22H,8-11,13-14H2. The SMILES string of the molecule is O=S(=O)(Cc1cccc(F)c1)NCC1CCN(c2nc3ccccc3o2)CC1. The van der Waals surface area contributed by atoms with Crippen molar-refractivity contribution >= 4 is 27.1 Å². The van der Waals surface area contributed by atoms with Crippen LogP contribution in [0, 0.1) is 11.7 Å². The first kappa shape index (κ1) is 18.9. The van der Waals surface area contributed by atoms with Crippen molar-refractivity contribution in [2.24, 2.45) is 5.92 Å². The summed E-state index contributed by atoms with van der Waals surface area (Å²) in [7, 11) is -3.49. The molecule has 1 aliphatic rings. The number of oxazole rings is 1. The molecule has 0 spiro atoms. The summed E-state index contributed by atoms with van der Waals surface area (Å²) < 4.78 is 46.2. The van der Waals surface area contributed by atoms with Crippen molar-refractivity contribution in [2.75, 3.05) is 24.5 Å². The molecule has 0 atom stereocenters. The highest BCUT2D eigenvalue weighted by Gasteiger charge is 2.24. The summed E-state index contributed by atoms with van der Waals surface area (Å²) in [5.41, 5.74) is 2.05. The molecule has 6 nitrogen and oxygen atoms in total. The molecule has 0 amide bonds. The van der Waals surface area contributed by atoms with Crippen LogP contribution >= 0.6 is 0 Å². The summed E-state index contributed by atoms with van der Waals surface area (Å²) in [5.74, 6) is -0.394. The molecule has 148 valence electrons. The van der Waals surface area contributed by atoms with Gasteiger partial charge in [0.15, 0.2) is 5.58 Å². The second kappa shape index (κ2) is 7.89. The highest BCUT2D eigenvalue weighted by Crippen LogP contribution is 2.26. The highest BCUT2D eigenvalue weighted by molar-refractivity contribution is 7.88. The summed E-state index contributed by atoms with van der Waals surface area (Å²) in [6.07, 6.45) is 1.70. The Morgan fingerprint density at radius 3 is 2.68 bits per heavy atom. The van der Waals surface area contributed by atoms with Crippen molar-refractivity contribution < 1.29 is 17.2 Å². The van der Waals surface area contributed by atoms with Gasteiger partial charge in [-0.25, -0.2) is 17.5 Å². The van der Waals surface area contributed by atoms with E-state index in [4.69, 9.17) is 4.42 Å². The van der Waals surface area contributed by atoms with Crippen molar-refractivity contribution in [3.05, 3.63) is 59.9 Å². The topological polar surface area (TPSA) is 75.4 Å².